The van der Waals surface area contributed by atoms with E-state index in [0.29, 0.717) is 26.9 Å². The number of hydrogen-bond acceptors (Lipinski definition) is 8. The number of carbonyl (C=O) groups is 1. The Bertz CT molecular complexity index is 1640. The normalized spacial score (nSPS) is 17.5. The molecule has 2 aliphatic rings. The molecule has 1 saturated carbocycles. The highest BCUT2D eigenvalue weighted by molar-refractivity contribution is 7.17. The number of fused-ring (bicyclic) bond motifs is 1. The topological polar surface area (TPSA) is 141 Å². The van der Waals surface area contributed by atoms with Crippen LogP contribution in [-0.2, 0) is 6.73 Å². The van der Waals surface area contributed by atoms with Crippen LogP contribution in [0.15, 0.2) is 34.2 Å². The fourth-order valence-electron chi connectivity index (χ4n) is 3.88. The summed E-state index contributed by atoms with van der Waals surface area (Å²) >= 11 is 1.27. The van der Waals surface area contributed by atoms with Crippen LogP contribution in [0.25, 0.3) is 22.3 Å². The molecule has 1 saturated heterocycles. The minimum absolute atomic E-state index is 0.108. The average molecular weight is 498 g/mol. The van der Waals surface area contributed by atoms with Gasteiger partial charge >= 0.3 is 5.69 Å². The lowest BCUT2D eigenvalue weighted by molar-refractivity contribution is 0.0405. The smallest absolute Gasteiger partial charge is 0.330 e. The van der Waals surface area contributed by atoms with Gasteiger partial charge in [-0.15, -0.1) is 11.3 Å². The van der Waals surface area contributed by atoms with Crippen LogP contribution in [0.1, 0.15) is 28.2 Å². The maximum absolute atomic E-state index is 13.2. The number of amides is 1. The van der Waals surface area contributed by atoms with Crippen molar-refractivity contribution in [1.82, 2.24) is 29.0 Å². The van der Waals surface area contributed by atoms with Crippen LogP contribution < -0.4 is 16.4 Å². The molecule has 3 N–H and O–H groups in total. The SMILES string of the molecule is O=C(c1ccc(-c2cc(=NC3CC3)n3ncc(=Cc4[nH]c(=O)n(CO)c4O)c3n2)s1)N1CC(F)C1. The maximum atomic E-state index is 13.2. The Kier molecular flexibility index (Phi) is 5.04. The molecule has 1 amide bonds. The van der Waals surface area contributed by atoms with E-state index in [9.17, 15) is 24.2 Å². The average Bonchev–Trinajstić information content (AvgIpc) is 3.23. The molecule has 180 valence electrons. The molecule has 1 aliphatic carbocycles. The zero-order valence-electron chi connectivity index (χ0n) is 18.3. The van der Waals surface area contributed by atoms with Crippen molar-refractivity contribution in [2.24, 2.45) is 4.99 Å². The number of alkyl halides is 1. The number of halogens is 1. The van der Waals surface area contributed by atoms with E-state index >= 15 is 0 Å². The number of rotatable bonds is 5. The van der Waals surface area contributed by atoms with E-state index < -0.39 is 24.5 Å². The summed E-state index contributed by atoms with van der Waals surface area (Å²) in [5, 5.41) is 24.5. The van der Waals surface area contributed by atoms with Gasteiger partial charge in [-0.3, -0.25) is 9.79 Å². The summed E-state index contributed by atoms with van der Waals surface area (Å²) in [6.45, 7) is -0.440. The fraction of sp³-hybridized carbons (Fsp3) is 0.318. The highest BCUT2D eigenvalue weighted by Crippen LogP contribution is 2.29. The lowest BCUT2D eigenvalue weighted by atomic mass is 10.2. The molecule has 0 unspecified atom stereocenters. The van der Waals surface area contributed by atoms with E-state index in [4.69, 9.17) is 9.98 Å². The molecule has 1 aliphatic heterocycles. The molecule has 2 fully saturated rings. The number of imidazole rings is 1. The van der Waals surface area contributed by atoms with Crippen LogP contribution in [0.3, 0.4) is 0 Å². The van der Waals surface area contributed by atoms with Crippen LogP contribution in [0.5, 0.6) is 5.88 Å². The summed E-state index contributed by atoms with van der Waals surface area (Å²) in [5.74, 6) is -0.607. The van der Waals surface area contributed by atoms with E-state index in [0.717, 1.165) is 22.3 Å². The van der Waals surface area contributed by atoms with Gasteiger partial charge in [-0.05, 0) is 31.1 Å². The second-order valence-electron chi connectivity index (χ2n) is 8.55. The first-order valence-corrected chi connectivity index (χ1v) is 11.8. The molecule has 0 aromatic carbocycles. The number of aromatic amines is 1. The number of likely N-dealkylation sites (tertiary alicyclic amines) is 1. The molecule has 6 rings (SSSR count). The lowest BCUT2D eigenvalue weighted by Gasteiger charge is -2.33. The summed E-state index contributed by atoms with van der Waals surface area (Å²) in [6, 6.07) is 5.53. The standard InChI is InChI=1S/C22H20FN7O4S/c23-12-8-28(9-12)21(33)17-4-3-16(35-17)14-6-18(25-13-1-2-13)30-19(26-14)11(7-24-30)5-15-20(32)29(10-31)22(34)27-15/h3-7,12-13,31-32H,1-2,8-10H2,(H,27,34). The Morgan fingerprint density at radius 3 is 2.83 bits per heavy atom. The predicted molar refractivity (Wildman–Crippen MR) is 123 cm³/mol. The minimum atomic E-state index is -0.964. The van der Waals surface area contributed by atoms with E-state index in [1.54, 1.807) is 22.8 Å². The minimum Gasteiger partial charge on any atom is -0.493 e. The summed E-state index contributed by atoms with van der Waals surface area (Å²) in [5.41, 5.74) is 1.10. The number of nitrogens with zero attached hydrogens (tertiary/aromatic N) is 6. The molecule has 0 spiro atoms. The first-order valence-electron chi connectivity index (χ1n) is 11.0. The van der Waals surface area contributed by atoms with Gasteiger partial charge in [-0.1, -0.05) is 0 Å². The Morgan fingerprint density at radius 2 is 2.14 bits per heavy atom. The number of carbonyl (C=O) groups excluding carboxylic acids is 1. The van der Waals surface area contributed by atoms with Crippen LogP contribution in [0.4, 0.5) is 4.39 Å². The lowest BCUT2D eigenvalue weighted by Crippen LogP contribution is -2.51. The number of aliphatic hydroxyl groups excluding tert-OH is 1. The second kappa shape index (κ2) is 8.13. The van der Waals surface area contributed by atoms with Crippen LogP contribution >= 0.6 is 11.3 Å². The van der Waals surface area contributed by atoms with Gasteiger partial charge in [0.25, 0.3) is 5.91 Å². The zero-order valence-corrected chi connectivity index (χ0v) is 19.1. The number of thiophene rings is 1. The molecular weight excluding hydrogens is 477 g/mol. The third-order valence-electron chi connectivity index (χ3n) is 5.96. The highest BCUT2D eigenvalue weighted by atomic mass is 32.1. The molecule has 5 heterocycles. The molecule has 4 aromatic rings. The third-order valence-corrected chi connectivity index (χ3v) is 7.06. The molecule has 35 heavy (non-hydrogen) atoms. The van der Waals surface area contributed by atoms with Crippen molar-refractivity contribution in [2.45, 2.75) is 31.8 Å². The predicted octanol–water partition coefficient (Wildman–Crippen LogP) is 0.00770. The number of aromatic hydroxyl groups is 1. The van der Waals surface area contributed by atoms with Crippen molar-refractivity contribution in [3.8, 4) is 16.5 Å². The summed E-state index contributed by atoms with van der Waals surface area (Å²) in [6.07, 6.45) is 4.09. The van der Waals surface area contributed by atoms with E-state index in [-0.39, 0.29) is 30.7 Å². The van der Waals surface area contributed by atoms with Crippen molar-refractivity contribution in [3.63, 3.8) is 0 Å². The summed E-state index contributed by atoms with van der Waals surface area (Å²) in [4.78, 5) is 39.2. The molecule has 4 aromatic heterocycles. The Hall–Kier alpha value is -3.84. The van der Waals surface area contributed by atoms with Crippen LogP contribution in [-0.4, -0.2) is 70.5 Å². The first kappa shape index (κ1) is 21.7. The van der Waals surface area contributed by atoms with Gasteiger partial charge in [0.2, 0.25) is 5.88 Å². The van der Waals surface area contributed by atoms with Crippen LogP contribution in [0.2, 0.25) is 0 Å². The van der Waals surface area contributed by atoms with Gasteiger partial charge in [0.1, 0.15) is 18.6 Å². The van der Waals surface area contributed by atoms with Crippen molar-refractivity contribution >= 4 is 29.0 Å². The molecule has 13 heteroatoms. The maximum Gasteiger partial charge on any atom is 0.330 e. The van der Waals surface area contributed by atoms with E-state index in [1.807, 2.05) is 6.07 Å². The van der Waals surface area contributed by atoms with Crippen LogP contribution in [0, 0.1) is 0 Å². The summed E-state index contributed by atoms with van der Waals surface area (Å²) < 4.78 is 15.6. The van der Waals surface area contributed by atoms with Gasteiger partial charge in [0.05, 0.1) is 40.8 Å². The Morgan fingerprint density at radius 1 is 1.34 bits per heavy atom. The third kappa shape index (κ3) is 3.82. The number of hydrogen-bond donors (Lipinski definition) is 3. The van der Waals surface area contributed by atoms with E-state index in [1.165, 1.54) is 22.3 Å². The van der Waals surface area contributed by atoms with Crippen molar-refractivity contribution in [3.05, 3.63) is 56.2 Å². The second-order valence-corrected chi connectivity index (χ2v) is 9.63. The largest absolute Gasteiger partial charge is 0.493 e. The van der Waals surface area contributed by atoms with Gasteiger partial charge < -0.3 is 20.1 Å². The Labute approximate surface area is 200 Å². The van der Waals surface area contributed by atoms with Crippen molar-refractivity contribution < 1.29 is 19.4 Å². The van der Waals surface area contributed by atoms with E-state index in [2.05, 4.69) is 10.1 Å². The monoisotopic (exact) mass is 497 g/mol. The van der Waals surface area contributed by atoms with Gasteiger partial charge in [-0.2, -0.15) is 9.61 Å². The molecule has 0 radical (unpaired) electrons. The number of aromatic nitrogens is 5. The summed E-state index contributed by atoms with van der Waals surface area (Å²) in [7, 11) is 0. The Balaban J connectivity index is 1.47. The number of aliphatic hydroxyl groups is 1. The fourth-order valence-corrected chi connectivity index (χ4v) is 4.81. The molecular formula is C22H20FN7O4S. The van der Waals surface area contributed by atoms with Crippen molar-refractivity contribution in [1.29, 1.82) is 0 Å². The number of nitrogens with one attached hydrogen (secondary N) is 1. The highest BCUT2D eigenvalue weighted by Gasteiger charge is 2.31. The molecule has 11 nitrogen and oxygen atoms in total. The quantitative estimate of drug-likeness (QED) is 0.355. The molecule has 0 atom stereocenters. The zero-order chi connectivity index (χ0) is 24.3. The van der Waals surface area contributed by atoms with Gasteiger partial charge in [0, 0.05) is 11.3 Å². The van der Waals surface area contributed by atoms with Crippen molar-refractivity contribution in [2.75, 3.05) is 13.1 Å². The number of H-pyrrole nitrogens is 1. The first-order chi connectivity index (χ1) is 16.9. The molecule has 0 bridgehead atoms. The van der Waals surface area contributed by atoms with Gasteiger partial charge in [-0.25, -0.2) is 18.7 Å². The van der Waals surface area contributed by atoms with Gasteiger partial charge in [0.15, 0.2) is 11.1 Å².